The number of phenolic OH excluding ortho intramolecular Hbond substituents is 1. The number of phenols is 1. The Hall–Kier alpha value is -1.10. The summed E-state index contributed by atoms with van der Waals surface area (Å²) >= 11 is 0. The summed E-state index contributed by atoms with van der Waals surface area (Å²) < 4.78 is 4.86. The summed E-state index contributed by atoms with van der Waals surface area (Å²) in [4.78, 5) is 0. The van der Waals surface area contributed by atoms with Gasteiger partial charge in [0.25, 0.3) is 0 Å². The van der Waals surface area contributed by atoms with E-state index < -0.39 is 0 Å². The summed E-state index contributed by atoms with van der Waals surface area (Å²) in [5.41, 5.74) is 11.6. The summed E-state index contributed by atoms with van der Waals surface area (Å²) in [5.74, 6) is 0.306. The Kier molecular flexibility index (Phi) is 9.70. The standard InChI is InChI=1S/C8H11NO.C4H11NO/c9-6-5-7-1-3-8(10)4-2-7;1-2-6-4-3-5/h1-4,10H,5-6,9H2;2-5H2,1H3. The molecule has 0 spiro atoms. The second-order valence-electron chi connectivity index (χ2n) is 3.19. The summed E-state index contributed by atoms with van der Waals surface area (Å²) in [6.45, 7) is 4.71. The fourth-order valence-corrected chi connectivity index (χ4v) is 1.06. The van der Waals surface area contributed by atoms with Crippen LogP contribution in [0.5, 0.6) is 5.75 Å². The predicted molar refractivity (Wildman–Crippen MR) is 66.4 cm³/mol. The van der Waals surface area contributed by atoms with Gasteiger partial charge in [-0.15, -0.1) is 0 Å². The fraction of sp³-hybridized carbons (Fsp3) is 0.500. The first-order valence-corrected chi connectivity index (χ1v) is 5.50. The van der Waals surface area contributed by atoms with Crippen LogP contribution in [0.4, 0.5) is 0 Å². The molecule has 0 aliphatic carbocycles. The molecule has 0 atom stereocenters. The molecular weight excluding hydrogens is 204 g/mol. The van der Waals surface area contributed by atoms with Crippen molar-refractivity contribution < 1.29 is 9.84 Å². The Morgan fingerprint density at radius 3 is 2.12 bits per heavy atom. The molecule has 4 nitrogen and oxygen atoms in total. The van der Waals surface area contributed by atoms with Crippen LogP contribution < -0.4 is 11.5 Å². The zero-order valence-corrected chi connectivity index (χ0v) is 9.86. The van der Waals surface area contributed by atoms with Crippen molar-refractivity contribution >= 4 is 0 Å². The molecule has 0 saturated heterocycles. The molecule has 0 heterocycles. The third-order valence-corrected chi connectivity index (χ3v) is 1.84. The Labute approximate surface area is 97.2 Å². The van der Waals surface area contributed by atoms with Gasteiger partial charge in [-0.2, -0.15) is 0 Å². The first-order chi connectivity index (χ1) is 7.74. The Morgan fingerprint density at radius 2 is 1.75 bits per heavy atom. The van der Waals surface area contributed by atoms with Gasteiger partial charge in [0.05, 0.1) is 6.61 Å². The van der Waals surface area contributed by atoms with Gasteiger partial charge in [0, 0.05) is 13.2 Å². The maximum Gasteiger partial charge on any atom is 0.115 e. The second-order valence-corrected chi connectivity index (χ2v) is 3.19. The zero-order chi connectivity index (χ0) is 12.2. The quantitative estimate of drug-likeness (QED) is 0.651. The summed E-state index contributed by atoms with van der Waals surface area (Å²) in [7, 11) is 0. The molecule has 5 N–H and O–H groups in total. The van der Waals surface area contributed by atoms with Crippen molar-refractivity contribution in [3.8, 4) is 5.75 Å². The Morgan fingerprint density at radius 1 is 1.12 bits per heavy atom. The fourth-order valence-electron chi connectivity index (χ4n) is 1.06. The molecule has 0 aromatic heterocycles. The summed E-state index contributed by atoms with van der Waals surface area (Å²) in [5, 5.41) is 8.89. The van der Waals surface area contributed by atoms with E-state index in [-0.39, 0.29) is 0 Å². The molecule has 0 fully saturated rings. The molecule has 0 radical (unpaired) electrons. The first kappa shape index (κ1) is 14.9. The molecule has 92 valence electrons. The van der Waals surface area contributed by atoms with E-state index in [4.69, 9.17) is 21.3 Å². The minimum atomic E-state index is 0.306. The van der Waals surface area contributed by atoms with Gasteiger partial charge in [-0.05, 0) is 37.6 Å². The van der Waals surface area contributed by atoms with Gasteiger partial charge in [-0.1, -0.05) is 12.1 Å². The Bertz CT molecular complexity index is 246. The smallest absolute Gasteiger partial charge is 0.115 e. The van der Waals surface area contributed by atoms with E-state index in [0.717, 1.165) is 13.0 Å². The van der Waals surface area contributed by atoms with Gasteiger partial charge in [0.1, 0.15) is 5.75 Å². The topological polar surface area (TPSA) is 81.5 Å². The zero-order valence-electron chi connectivity index (χ0n) is 9.86. The van der Waals surface area contributed by atoms with Crippen molar-refractivity contribution in [2.24, 2.45) is 11.5 Å². The van der Waals surface area contributed by atoms with Crippen LogP contribution in [0.25, 0.3) is 0 Å². The molecule has 0 aliphatic rings. The number of rotatable bonds is 5. The van der Waals surface area contributed by atoms with E-state index >= 15 is 0 Å². The number of hydrogen-bond acceptors (Lipinski definition) is 4. The van der Waals surface area contributed by atoms with Crippen LogP contribution in [-0.2, 0) is 11.2 Å². The van der Waals surface area contributed by atoms with Crippen LogP contribution in [0.3, 0.4) is 0 Å². The highest BCUT2D eigenvalue weighted by atomic mass is 16.5. The van der Waals surface area contributed by atoms with Crippen LogP contribution in [-0.4, -0.2) is 31.4 Å². The van der Waals surface area contributed by atoms with E-state index in [1.165, 1.54) is 5.56 Å². The van der Waals surface area contributed by atoms with Crippen molar-refractivity contribution in [3.63, 3.8) is 0 Å². The SMILES string of the molecule is CCOCCN.NCCc1ccc(O)cc1. The van der Waals surface area contributed by atoms with Gasteiger partial charge in [0.15, 0.2) is 0 Å². The van der Waals surface area contributed by atoms with Crippen molar-refractivity contribution in [2.45, 2.75) is 13.3 Å². The van der Waals surface area contributed by atoms with Gasteiger partial charge in [-0.25, -0.2) is 0 Å². The van der Waals surface area contributed by atoms with Crippen LogP contribution in [0, 0.1) is 0 Å². The molecule has 0 bridgehead atoms. The highest BCUT2D eigenvalue weighted by molar-refractivity contribution is 5.25. The lowest BCUT2D eigenvalue weighted by Crippen LogP contribution is -2.07. The van der Waals surface area contributed by atoms with Crippen LogP contribution in [0.1, 0.15) is 12.5 Å². The lowest BCUT2D eigenvalue weighted by Gasteiger charge is -1.96. The van der Waals surface area contributed by atoms with E-state index in [9.17, 15) is 0 Å². The van der Waals surface area contributed by atoms with Crippen LogP contribution >= 0.6 is 0 Å². The van der Waals surface area contributed by atoms with Gasteiger partial charge in [0.2, 0.25) is 0 Å². The number of benzene rings is 1. The average molecular weight is 226 g/mol. The molecule has 0 saturated carbocycles. The largest absolute Gasteiger partial charge is 0.508 e. The van der Waals surface area contributed by atoms with Crippen molar-refractivity contribution in [2.75, 3.05) is 26.3 Å². The molecule has 0 amide bonds. The van der Waals surface area contributed by atoms with Crippen molar-refractivity contribution in [3.05, 3.63) is 29.8 Å². The van der Waals surface area contributed by atoms with E-state index in [1.807, 2.05) is 19.1 Å². The van der Waals surface area contributed by atoms with E-state index in [2.05, 4.69) is 0 Å². The molecule has 1 aromatic rings. The number of nitrogens with two attached hydrogens (primary N) is 2. The second kappa shape index (κ2) is 10.4. The molecule has 1 aromatic carbocycles. The predicted octanol–water partition coefficient (Wildman–Crippen LogP) is 0.875. The third-order valence-electron chi connectivity index (χ3n) is 1.84. The summed E-state index contributed by atoms with van der Waals surface area (Å²) in [6.07, 6.45) is 0.875. The van der Waals surface area contributed by atoms with Gasteiger partial charge >= 0.3 is 0 Å². The monoisotopic (exact) mass is 226 g/mol. The highest BCUT2D eigenvalue weighted by Crippen LogP contribution is 2.09. The number of ether oxygens (including phenoxy) is 1. The maximum atomic E-state index is 8.89. The lowest BCUT2D eigenvalue weighted by atomic mass is 10.1. The number of hydrogen-bond donors (Lipinski definition) is 3. The van der Waals surface area contributed by atoms with Gasteiger partial charge in [-0.3, -0.25) is 0 Å². The normalized spacial score (nSPS) is 9.44. The van der Waals surface area contributed by atoms with E-state index in [1.54, 1.807) is 12.1 Å². The molecular formula is C12H22N2O2. The average Bonchev–Trinajstić information content (AvgIpc) is 2.31. The van der Waals surface area contributed by atoms with Gasteiger partial charge < -0.3 is 21.3 Å². The van der Waals surface area contributed by atoms with Crippen LogP contribution in [0.15, 0.2) is 24.3 Å². The Balaban J connectivity index is 0.000000325. The maximum absolute atomic E-state index is 8.89. The first-order valence-electron chi connectivity index (χ1n) is 5.50. The molecule has 1 rings (SSSR count). The minimum Gasteiger partial charge on any atom is -0.508 e. The molecule has 0 unspecified atom stereocenters. The third kappa shape index (κ3) is 8.23. The van der Waals surface area contributed by atoms with Crippen molar-refractivity contribution in [1.82, 2.24) is 0 Å². The molecule has 4 heteroatoms. The minimum absolute atomic E-state index is 0.306. The summed E-state index contributed by atoms with van der Waals surface area (Å²) in [6, 6.07) is 7.10. The molecule has 16 heavy (non-hydrogen) atoms. The van der Waals surface area contributed by atoms with Crippen molar-refractivity contribution in [1.29, 1.82) is 0 Å². The highest BCUT2D eigenvalue weighted by Gasteiger charge is 1.89. The van der Waals surface area contributed by atoms with Crippen LogP contribution in [0.2, 0.25) is 0 Å². The lowest BCUT2D eigenvalue weighted by molar-refractivity contribution is 0.155. The number of aromatic hydroxyl groups is 1. The van der Waals surface area contributed by atoms with E-state index in [0.29, 0.717) is 25.4 Å². The molecule has 0 aliphatic heterocycles.